The second-order valence-corrected chi connectivity index (χ2v) is 5.67. The van der Waals surface area contributed by atoms with Gasteiger partial charge in [-0.05, 0) is 25.0 Å². The van der Waals surface area contributed by atoms with Gasteiger partial charge in [-0.2, -0.15) is 0 Å². The van der Waals surface area contributed by atoms with Crippen molar-refractivity contribution in [1.82, 2.24) is 0 Å². The van der Waals surface area contributed by atoms with Crippen molar-refractivity contribution in [1.29, 1.82) is 0 Å². The van der Waals surface area contributed by atoms with E-state index in [-0.39, 0.29) is 11.5 Å². The third kappa shape index (κ3) is 2.82. The number of hydrogen-bond donors (Lipinski definition) is 1. The molecule has 1 aromatic carbocycles. The van der Waals surface area contributed by atoms with Gasteiger partial charge in [-0.1, -0.05) is 18.7 Å². The van der Waals surface area contributed by atoms with E-state index in [1.54, 1.807) is 17.8 Å². The van der Waals surface area contributed by atoms with Crippen LogP contribution in [-0.2, 0) is 0 Å². The van der Waals surface area contributed by atoms with Gasteiger partial charge < -0.3 is 14.8 Å². The number of rotatable bonds is 2. The van der Waals surface area contributed by atoms with E-state index in [9.17, 15) is 8.78 Å². The van der Waals surface area contributed by atoms with Crippen LogP contribution >= 0.6 is 11.8 Å². The molecule has 2 heterocycles. The minimum absolute atomic E-state index is 0.0356. The number of thioether (sulfide) groups is 1. The Morgan fingerprint density at radius 1 is 1.40 bits per heavy atom. The standard InChI is InChI=1S/C13H14F2N2O2S/c1-2-8-5-6-20-12(16-8)17-9-3-4-10-11(7-9)19-13(14,15)18-10/h3-4,7-8H,2,5-6H2,1H3,(H,16,17). The molecular formula is C13H14F2N2O2S. The second kappa shape index (κ2) is 5.12. The lowest BCUT2D eigenvalue weighted by molar-refractivity contribution is -0.286. The van der Waals surface area contributed by atoms with Crippen LogP contribution in [0.5, 0.6) is 11.5 Å². The van der Waals surface area contributed by atoms with Crippen LogP contribution in [0.25, 0.3) is 0 Å². The number of alkyl halides is 2. The lowest BCUT2D eigenvalue weighted by Crippen LogP contribution is -2.25. The summed E-state index contributed by atoms with van der Waals surface area (Å²) in [4.78, 5) is 4.57. The Labute approximate surface area is 119 Å². The van der Waals surface area contributed by atoms with Gasteiger partial charge in [-0.3, -0.25) is 4.99 Å². The van der Waals surface area contributed by atoms with Crippen LogP contribution in [0.1, 0.15) is 19.8 Å². The zero-order valence-electron chi connectivity index (χ0n) is 10.9. The number of amidine groups is 1. The summed E-state index contributed by atoms with van der Waals surface area (Å²) in [6, 6.07) is 4.96. The maximum absolute atomic E-state index is 12.9. The molecule has 1 unspecified atom stereocenters. The molecule has 0 radical (unpaired) electrons. The van der Waals surface area contributed by atoms with Crippen LogP contribution in [0, 0.1) is 0 Å². The summed E-state index contributed by atoms with van der Waals surface area (Å²) < 4.78 is 34.6. The maximum atomic E-state index is 12.9. The lowest BCUT2D eigenvalue weighted by atomic mass is 10.2. The van der Waals surface area contributed by atoms with Crippen molar-refractivity contribution in [3.8, 4) is 11.5 Å². The Bertz CT molecular complexity index is 551. The monoisotopic (exact) mass is 300 g/mol. The highest BCUT2D eigenvalue weighted by atomic mass is 32.2. The summed E-state index contributed by atoms with van der Waals surface area (Å²) in [5.41, 5.74) is 0.660. The van der Waals surface area contributed by atoms with Crippen LogP contribution in [0.3, 0.4) is 0 Å². The molecule has 3 rings (SSSR count). The fourth-order valence-electron chi connectivity index (χ4n) is 2.07. The first-order chi connectivity index (χ1) is 9.55. The topological polar surface area (TPSA) is 42.8 Å². The Morgan fingerprint density at radius 3 is 3.00 bits per heavy atom. The smallest absolute Gasteiger partial charge is 0.395 e. The number of benzene rings is 1. The molecule has 7 heteroatoms. The predicted molar refractivity (Wildman–Crippen MR) is 74.9 cm³/mol. The lowest BCUT2D eigenvalue weighted by Gasteiger charge is -2.19. The molecule has 1 atom stereocenters. The molecule has 4 nitrogen and oxygen atoms in total. The van der Waals surface area contributed by atoms with E-state index in [0.29, 0.717) is 11.7 Å². The van der Waals surface area contributed by atoms with Gasteiger partial charge in [0.05, 0.1) is 6.04 Å². The highest BCUT2D eigenvalue weighted by molar-refractivity contribution is 8.14. The number of hydrogen-bond acceptors (Lipinski definition) is 5. The van der Waals surface area contributed by atoms with E-state index in [1.807, 2.05) is 0 Å². The summed E-state index contributed by atoms with van der Waals surface area (Å²) in [6.45, 7) is 2.10. The Balaban J connectivity index is 1.75. The van der Waals surface area contributed by atoms with Crippen molar-refractivity contribution in [3.63, 3.8) is 0 Å². The van der Waals surface area contributed by atoms with Gasteiger partial charge in [0.15, 0.2) is 16.7 Å². The molecular weight excluding hydrogens is 286 g/mol. The predicted octanol–water partition coefficient (Wildman–Crippen LogP) is 3.69. The molecule has 0 amide bonds. The summed E-state index contributed by atoms with van der Waals surface area (Å²) in [5.74, 6) is 1.09. The van der Waals surface area contributed by atoms with E-state index >= 15 is 0 Å². The highest BCUT2D eigenvalue weighted by Gasteiger charge is 2.43. The normalized spacial score (nSPS) is 23.4. The Kier molecular flexibility index (Phi) is 3.45. The number of halogens is 2. The molecule has 0 bridgehead atoms. The molecule has 0 fully saturated rings. The van der Waals surface area contributed by atoms with E-state index in [1.165, 1.54) is 12.1 Å². The average Bonchev–Trinajstić information content (AvgIpc) is 2.72. The summed E-state index contributed by atoms with van der Waals surface area (Å²) in [6.07, 6.45) is -1.51. The van der Waals surface area contributed by atoms with Gasteiger partial charge >= 0.3 is 6.29 Å². The molecule has 2 aliphatic rings. The number of nitrogens with one attached hydrogen (secondary N) is 1. The van der Waals surface area contributed by atoms with Gasteiger partial charge in [-0.15, -0.1) is 8.78 Å². The van der Waals surface area contributed by atoms with Crippen LogP contribution in [0.4, 0.5) is 14.5 Å². The third-order valence-electron chi connectivity index (χ3n) is 3.11. The van der Waals surface area contributed by atoms with Crippen molar-refractivity contribution in [3.05, 3.63) is 18.2 Å². The molecule has 0 aromatic heterocycles. The summed E-state index contributed by atoms with van der Waals surface area (Å²) in [7, 11) is 0. The quantitative estimate of drug-likeness (QED) is 0.904. The van der Waals surface area contributed by atoms with Gasteiger partial charge in [-0.25, -0.2) is 0 Å². The maximum Gasteiger partial charge on any atom is 0.586 e. The molecule has 20 heavy (non-hydrogen) atoms. The minimum atomic E-state index is -3.58. The summed E-state index contributed by atoms with van der Waals surface area (Å²) in [5, 5.41) is 3.95. The zero-order valence-corrected chi connectivity index (χ0v) is 11.7. The fourth-order valence-corrected chi connectivity index (χ4v) is 3.07. The first-order valence-electron chi connectivity index (χ1n) is 6.43. The van der Waals surface area contributed by atoms with Crippen molar-refractivity contribution in [2.24, 2.45) is 4.99 Å². The largest absolute Gasteiger partial charge is 0.586 e. The zero-order chi connectivity index (χ0) is 14.2. The second-order valence-electron chi connectivity index (χ2n) is 4.59. The minimum Gasteiger partial charge on any atom is -0.395 e. The van der Waals surface area contributed by atoms with E-state index in [4.69, 9.17) is 0 Å². The van der Waals surface area contributed by atoms with Crippen molar-refractivity contribution < 1.29 is 18.3 Å². The number of ether oxygens (including phenoxy) is 2. The van der Waals surface area contributed by atoms with Crippen LogP contribution < -0.4 is 14.8 Å². The van der Waals surface area contributed by atoms with Gasteiger partial charge in [0.1, 0.15) is 0 Å². The molecule has 1 aromatic rings. The number of aliphatic imine (C=N–C) groups is 1. The average molecular weight is 300 g/mol. The van der Waals surface area contributed by atoms with Gasteiger partial charge in [0.2, 0.25) is 0 Å². The Hall–Kier alpha value is -1.50. The Morgan fingerprint density at radius 2 is 2.20 bits per heavy atom. The first kappa shape index (κ1) is 13.5. The van der Waals surface area contributed by atoms with Crippen LogP contribution in [0.2, 0.25) is 0 Å². The molecule has 0 saturated carbocycles. The van der Waals surface area contributed by atoms with E-state index in [2.05, 4.69) is 26.7 Å². The van der Waals surface area contributed by atoms with Crippen molar-refractivity contribution in [2.45, 2.75) is 32.1 Å². The molecule has 0 spiro atoms. The third-order valence-corrected chi connectivity index (χ3v) is 4.03. The molecule has 108 valence electrons. The number of nitrogens with zero attached hydrogens (tertiary/aromatic N) is 1. The summed E-state index contributed by atoms with van der Waals surface area (Å²) >= 11 is 1.63. The van der Waals surface area contributed by atoms with E-state index in [0.717, 1.165) is 23.8 Å². The van der Waals surface area contributed by atoms with Crippen LogP contribution in [0.15, 0.2) is 23.2 Å². The van der Waals surface area contributed by atoms with Gasteiger partial charge in [0, 0.05) is 17.5 Å². The number of anilines is 1. The van der Waals surface area contributed by atoms with Crippen LogP contribution in [-0.4, -0.2) is 23.3 Å². The first-order valence-corrected chi connectivity index (χ1v) is 7.42. The molecule has 1 N–H and O–H groups in total. The molecule has 2 aliphatic heterocycles. The van der Waals surface area contributed by atoms with Crippen molar-refractivity contribution in [2.75, 3.05) is 11.1 Å². The molecule has 0 aliphatic carbocycles. The van der Waals surface area contributed by atoms with Gasteiger partial charge in [0.25, 0.3) is 0 Å². The fraction of sp³-hybridized carbons (Fsp3) is 0.462. The SMILES string of the molecule is CCC1CCSC(Nc2ccc3c(c2)OC(F)(F)O3)=N1. The highest BCUT2D eigenvalue weighted by Crippen LogP contribution is 2.42. The van der Waals surface area contributed by atoms with E-state index < -0.39 is 6.29 Å². The number of fused-ring (bicyclic) bond motifs is 1. The molecule has 0 saturated heterocycles. The van der Waals surface area contributed by atoms with Crippen molar-refractivity contribution >= 4 is 22.6 Å².